The third-order valence-electron chi connectivity index (χ3n) is 5.49. The zero-order valence-electron chi connectivity index (χ0n) is 16.7. The monoisotopic (exact) mass is 389 g/mol. The molecule has 0 bridgehead atoms. The Hall–Kier alpha value is -3.34. The van der Waals surface area contributed by atoms with E-state index in [1.807, 2.05) is 50.2 Å². The van der Waals surface area contributed by atoms with Gasteiger partial charge in [0, 0.05) is 23.4 Å². The summed E-state index contributed by atoms with van der Waals surface area (Å²) in [4.78, 5) is 25.0. The highest BCUT2D eigenvalue weighted by molar-refractivity contribution is 5.96. The summed E-state index contributed by atoms with van der Waals surface area (Å²) >= 11 is 0. The van der Waals surface area contributed by atoms with Gasteiger partial charge in [0.15, 0.2) is 0 Å². The van der Waals surface area contributed by atoms with E-state index in [9.17, 15) is 9.59 Å². The molecular weight excluding hydrogens is 366 g/mol. The molecular formula is C24H23NO4. The van der Waals surface area contributed by atoms with Gasteiger partial charge in [-0.25, -0.2) is 4.79 Å². The Morgan fingerprint density at radius 3 is 2.59 bits per heavy atom. The Bertz CT molecular complexity index is 1250. The van der Waals surface area contributed by atoms with E-state index in [-0.39, 0.29) is 18.2 Å². The lowest BCUT2D eigenvalue weighted by molar-refractivity contribution is -0.120. The van der Waals surface area contributed by atoms with Crippen LogP contribution in [0, 0.1) is 13.8 Å². The number of rotatable bonds is 5. The van der Waals surface area contributed by atoms with Crippen LogP contribution in [0.5, 0.6) is 0 Å². The summed E-state index contributed by atoms with van der Waals surface area (Å²) in [6, 6.07) is 13.7. The van der Waals surface area contributed by atoms with Crippen molar-refractivity contribution in [1.29, 1.82) is 0 Å². The summed E-state index contributed by atoms with van der Waals surface area (Å²) < 4.78 is 11.0. The number of aryl methyl sites for hydroxylation is 2. The van der Waals surface area contributed by atoms with E-state index in [2.05, 4.69) is 12.2 Å². The number of carbonyl (C=O) groups is 1. The highest BCUT2D eigenvalue weighted by Crippen LogP contribution is 2.28. The van der Waals surface area contributed by atoms with Crippen LogP contribution >= 0.6 is 0 Å². The minimum Gasteiger partial charge on any atom is -0.464 e. The van der Waals surface area contributed by atoms with Crippen LogP contribution in [-0.2, 0) is 11.2 Å². The normalized spacial score (nSPS) is 12.4. The summed E-state index contributed by atoms with van der Waals surface area (Å²) in [5.74, 6) is -0.00490. The molecule has 29 heavy (non-hydrogen) atoms. The molecule has 4 aromatic rings. The summed E-state index contributed by atoms with van der Waals surface area (Å²) in [6.07, 6.45) is 1.67. The number of carbonyl (C=O) groups excluding carboxylic acids is 1. The van der Waals surface area contributed by atoms with Crippen molar-refractivity contribution in [2.24, 2.45) is 0 Å². The average molecular weight is 389 g/mol. The number of hydrogen-bond acceptors (Lipinski definition) is 4. The Balaban J connectivity index is 1.57. The number of fused-ring (bicyclic) bond motifs is 2. The number of furan rings is 1. The molecule has 0 saturated heterocycles. The van der Waals surface area contributed by atoms with Crippen molar-refractivity contribution in [3.63, 3.8) is 0 Å². The van der Waals surface area contributed by atoms with Gasteiger partial charge < -0.3 is 14.2 Å². The van der Waals surface area contributed by atoms with Crippen molar-refractivity contribution in [3.05, 3.63) is 81.4 Å². The van der Waals surface area contributed by atoms with Gasteiger partial charge in [0.2, 0.25) is 5.91 Å². The lowest BCUT2D eigenvalue weighted by Crippen LogP contribution is -2.30. The number of benzene rings is 2. The van der Waals surface area contributed by atoms with E-state index in [1.165, 1.54) is 0 Å². The van der Waals surface area contributed by atoms with Gasteiger partial charge in [-0.3, -0.25) is 4.79 Å². The minimum atomic E-state index is -0.483. The van der Waals surface area contributed by atoms with Crippen molar-refractivity contribution in [2.45, 2.75) is 33.1 Å². The molecule has 5 heteroatoms. The fraction of sp³-hybridized carbons (Fsp3) is 0.250. The summed E-state index contributed by atoms with van der Waals surface area (Å²) in [5.41, 5.74) is 4.00. The zero-order chi connectivity index (χ0) is 20.5. The lowest BCUT2D eigenvalue weighted by Gasteiger charge is -2.13. The molecule has 2 heterocycles. The third-order valence-corrected chi connectivity index (χ3v) is 5.49. The van der Waals surface area contributed by atoms with Gasteiger partial charge in [0.25, 0.3) is 0 Å². The van der Waals surface area contributed by atoms with Crippen LogP contribution in [0.3, 0.4) is 0 Å². The molecule has 0 aliphatic heterocycles. The van der Waals surface area contributed by atoms with Gasteiger partial charge in [-0.2, -0.15) is 0 Å². The van der Waals surface area contributed by atoms with Gasteiger partial charge in [-0.05, 0) is 42.5 Å². The molecule has 0 radical (unpaired) electrons. The molecule has 0 aliphatic carbocycles. The standard InChI is InChI=1S/C24H23NO4/c1-14(17-7-5-4-6-8-17)12-25-23(26)10-20-16(3)19-9-18-15(2)13-28-21(18)11-22(19)29-24(20)27/h4-9,11,13-14H,10,12H2,1-3H3,(H,25,26)/t14-/m0/s1. The highest BCUT2D eigenvalue weighted by Gasteiger charge is 2.17. The molecule has 4 rings (SSSR count). The smallest absolute Gasteiger partial charge is 0.340 e. The van der Waals surface area contributed by atoms with E-state index in [1.54, 1.807) is 12.3 Å². The van der Waals surface area contributed by atoms with Crippen LogP contribution in [-0.4, -0.2) is 12.5 Å². The van der Waals surface area contributed by atoms with Crippen molar-refractivity contribution in [2.75, 3.05) is 6.54 Å². The van der Waals surface area contributed by atoms with Gasteiger partial charge in [-0.15, -0.1) is 0 Å². The molecule has 0 unspecified atom stereocenters. The summed E-state index contributed by atoms with van der Waals surface area (Å²) in [7, 11) is 0. The first-order chi connectivity index (χ1) is 13.9. The van der Waals surface area contributed by atoms with E-state index in [0.29, 0.717) is 23.3 Å². The van der Waals surface area contributed by atoms with Gasteiger partial charge in [-0.1, -0.05) is 37.3 Å². The Labute approximate surface area is 168 Å². The number of nitrogens with one attached hydrogen (secondary N) is 1. The number of amides is 1. The third kappa shape index (κ3) is 3.68. The first-order valence-electron chi connectivity index (χ1n) is 9.70. The van der Waals surface area contributed by atoms with Crippen molar-refractivity contribution in [3.8, 4) is 0 Å². The topological polar surface area (TPSA) is 72.5 Å². The maximum Gasteiger partial charge on any atom is 0.340 e. The highest BCUT2D eigenvalue weighted by atomic mass is 16.4. The minimum absolute atomic E-state index is 0.00593. The Morgan fingerprint density at radius 1 is 1.07 bits per heavy atom. The summed E-state index contributed by atoms with van der Waals surface area (Å²) in [5, 5.41) is 4.73. The average Bonchev–Trinajstić information content (AvgIpc) is 3.08. The van der Waals surface area contributed by atoms with E-state index in [0.717, 1.165) is 27.5 Å². The van der Waals surface area contributed by atoms with Crippen LogP contribution in [0.15, 0.2) is 62.4 Å². The SMILES string of the molecule is Cc1coc2cc3oc(=O)c(CC(=O)NC[C@H](C)c4ccccc4)c(C)c3cc12. The largest absolute Gasteiger partial charge is 0.464 e. The molecule has 0 aliphatic rings. The fourth-order valence-electron chi connectivity index (χ4n) is 3.63. The number of hydrogen-bond donors (Lipinski definition) is 1. The molecule has 5 nitrogen and oxygen atoms in total. The van der Waals surface area contributed by atoms with E-state index >= 15 is 0 Å². The molecule has 0 spiro atoms. The zero-order valence-corrected chi connectivity index (χ0v) is 16.7. The lowest BCUT2D eigenvalue weighted by atomic mass is 10.0. The Morgan fingerprint density at radius 2 is 1.83 bits per heavy atom. The molecule has 1 amide bonds. The predicted molar refractivity (Wildman–Crippen MR) is 113 cm³/mol. The molecule has 1 atom stereocenters. The molecule has 148 valence electrons. The van der Waals surface area contributed by atoms with Crippen molar-refractivity contribution < 1.29 is 13.6 Å². The van der Waals surface area contributed by atoms with Crippen molar-refractivity contribution >= 4 is 27.8 Å². The molecule has 0 fully saturated rings. The van der Waals surface area contributed by atoms with Gasteiger partial charge in [0.1, 0.15) is 11.2 Å². The molecule has 1 N–H and O–H groups in total. The first-order valence-corrected chi connectivity index (χ1v) is 9.70. The summed E-state index contributed by atoms with van der Waals surface area (Å²) in [6.45, 7) is 6.39. The second kappa shape index (κ2) is 7.59. The van der Waals surface area contributed by atoms with Gasteiger partial charge in [0.05, 0.1) is 18.2 Å². The van der Waals surface area contributed by atoms with Crippen LogP contribution in [0.2, 0.25) is 0 Å². The van der Waals surface area contributed by atoms with Crippen LogP contribution in [0.1, 0.15) is 35.1 Å². The maximum absolute atomic E-state index is 12.5. The maximum atomic E-state index is 12.5. The van der Waals surface area contributed by atoms with Gasteiger partial charge >= 0.3 is 5.63 Å². The van der Waals surface area contributed by atoms with Crippen molar-refractivity contribution in [1.82, 2.24) is 5.32 Å². The van der Waals surface area contributed by atoms with E-state index in [4.69, 9.17) is 8.83 Å². The predicted octanol–water partition coefficient (Wildman–Crippen LogP) is 4.62. The van der Waals surface area contributed by atoms with Crippen LogP contribution < -0.4 is 10.9 Å². The van der Waals surface area contributed by atoms with Crippen LogP contribution in [0.4, 0.5) is 0 Å². The first kappa shape index (κ1) is 19.0. The van der Waals surface area contributed by atoms with E-state index < -0.39 is 5.63 Å². The Kier molecular flexibility index (Phi) is 4.97. The molecule has 2 aromatic carbocycles. The molecule has 0 saturated carbocycles. The second-order valence-corrected chi connectivity index (χ2v) is 7.55. The second-order valence-electron chi connectivity index (χ2n) is 7.55. The fourth-order valence-corrected chi connectivity index (χ4v) is 3.63. The van der Waals surface area contributed by atoms with Crippen LogP contribution in [0.25, 0.3) is 21.9 Å². The quantitative estimate of drug-likeness (QED) is 0.506. The molecule has 2 aromatic heterocycles.